The van der Waals surface area contributed by atoms with Crippen LogP contribution in [-0.4, -0.2) is 31.5 Å². The Kier molecular flexibility index (Phi) is 11.1. The maximum atomic E-state index is 13.0. The summed E-state index contributed by atoms with van der Waals surface area (Å²) in [5, 5.41) is 8.45. The van der Waals surface area contributed by atoms with Crippen LogP contribution in [0, 0.1) is 11.7 Å². The number of nitrogens with one attached hydrogen (secondary N) is 2. The molecule has 1 aromatic heterocycles. The molecule has 0 aliphatic carbocycles. The molecule has 0 radical (unpaired) electrons. The summed E-state index contributed by atoms with van der Waals surface area (Å²) in [5.41, 5.74) is 6.42. The molecule has 1 heterocycles. The van der Waals surface area contributed by atoms with E-state index >= 15 is 0 Å². The molecular weight excluding hydrogens is 490 g/mol. The van der Waals surface area contributed by atoms with Crippen molar-refractivity contribution < 1.29 is 9.18 Å². The van der Waals surface area contributed by atoms with Crippen molar-refractivity contribution in [3.05, 3.63) is 58.0 Å². The Labute approximate surface area is 187 Å². The molecule has 0 fully saturated rings. The first-order valence-electron chi connectivity index (χ1n) is 9.09. The van der Waals surface area contributed by atoms with Crippen molar-refractivity contribution in [2.45, 2.75) is 26.2 Å². The van der Waals surface area contributed by atoms with Crippen molar-refractivity contribution in [3.8, 4) is 0 Å². The van der Waals surface area contributed by atoms with E-state index in [1.165, 1.54) is 17.0 Å². The van der Waals surface area contributed by atoms with Gasteiger partial charge in [-0.3, -0.25) is 9.79 Å². The topological polar surface area (TPSA) is 79.5 Å². The number of primary amides is 1. The van der Waals surface area contributed by atoms with Gasteiger partial charge in [0.1, 0.15) is 5.82 Å². The van der Waals surface area contributed by atoms with E-state index in [0.29, 0.717) is 31.4 Å². The molecule has 0 bridgehead atoms. The van der Waals surface area contributed by atoms with Gasteiger partial charge < -0.3 is 16.4 Å². The number of halogens is 2. The van der Waals surface area contributed by atoms with E-state index in [-0.39, 0.29) is 29.8 Å². The summed E-state index contributed by atoms with van der Waals surface area (Å²) in [6, 6.07) is 10.3. The van der Waals surface area contributed by atoms with E-state index in [4.69, 9.17) is 5.73 Å². The molecule has 5 nitrogen and oxygen atoms in total. The number of aliphatic imine (C=N–C) groups is 1. The van der Waals surface area contributed by atoms with Gasteiger partial charge in [0, 0.05) is 23.9 Å². The molecule has 0 spiro atoms. The van der Waals surface area contributed by atoms with Crippen LogP contribution in [0.4, 0.5) is 4.39 Å². The van der Waals surface area contributed by atoms with Crippen LogP contribution in [0.5, 0.6) is 0 Å². The summed E-state index contributed by atoms with van der Waals surface area (Å²) in [5.74, 6) is -0.115. The normalized spacial score (nSPS) is 13.3. The Bertz CT molecular complexity index is 737. The Hall–Kier alpha value is -1.68. The maximum absolute atomic E-state index is 13.0. The zero-order valence-corrected chi connectivity index (χ0v) is 19.3. The molecule has 4 N–H and O–H groups in total. The molecule has 154 valence electrons. The van der Waals surface area contributed by atoms with Crippen LogP contribution in [0.1, 0.15) is 30.2 Å². The lowest BCUT2D eigenvalue weighted by Gasteiger charge is -2.17. The van der Waals surface area contributed by atoms with Gasteiger partial charge in [-0.05, 0) is 42.5 Å². The molecule has 2 aromatic rings. The van der Waals surface area contributed by atoms with Crippen LogP contribution < -0.4 is 16.4 Å². The van der Waals surface area contributed by atoms with Gasteiger partial charge in [0.25, 0.3) is 0 Å². The molecule has 0 saturated heterocycles. The third-order valence-electron chi connectivity index (χ3n) is 4.21. The standard InChI is InChI=1S/C20H27FN4OS.HI/c1-3-23-20(24-12-14(2)18-5-4-10-27-18)25-13-16(19(22)26)11-15-6-8-17(21)9-7-15;/h4-10,14,16H,3,11-13H2,1-2H3,(H2,22,26)(H2,23,24,25);1H. The maximum Gasteiger partial charge on any atom is 0.222 e. The number of nitrogens with zero attached hydrogens (tertiary/aromatic N) is 1. The smallest absolute Gasteiger partial charge is 0.222 e. The predicted octanol–water partition coefficient (Wildman–Crippen LogP) is 3.51. The highest BCUT2D eigenvalue weighted by Gasteiger charge is 2.17. The highest BCUT2D eigenvalue weighted by Crippen LogP contribution is 2.20. The molecule has 2 rings (SSSR count). The zero-order chi connectivity index (χ0) is 19.6. The van der Waals surface area contributed by atoms with Crippen molar-refractivity contribution in [1.29, 1.82) is 0 Å². The summed E-state index contributed by atoms with van der Waals surface area (Å²) in [4.78, 5) is 17.7. The first-order valence-corrected chi connectivity index (χ1v) is 9.97. The number of benzene rings is 1. The third-order valence-corrected chi connectivity index (χ3v) is 5.31. The average molecular weight is 518 g/mol. The number of guanidine groups is 1. The van der Waals surface area contributed by atoms with Gasteiger partial charge in [-0.1, -0.05) is 25.1 Å². The van der Waals surface area contributed by atoms with Crippen LogP contribution in [0.3, 0.4) is 0 Å². The second-order valence-electron chi connectivity index (χ2n) is 6.45. The van der Waals surface area contributed by atoms with Crippen molar-refractivity contribution in [2.75, 3.05) is 19.6 Å². The van der Waals surface area contributed by atoms with Gasteiger partial charge in [-0.25, -0.2) is 4.39 Å². The molecule has 0 aliphatic rings. The van der Waals surface area contributed by atoms with Crippen molar-refractivity contribution in [2.24, 2.45) is 16.6 Å². The van der Waals surface area contributed by atoms with E-state index < -0.39 is 11.8 Å². The number of thiophene rings is 1. The number of carbonyl (C=O) groups is 1. The summed E-state index contributed by atoms with van der Waals surface area (Å²) in [7, 11) is 0. The average Bonchev–Trinajstić information content (AvgIpc) is 3.18. The van der Waals surface area contributed by atoms with Crippen LogP contribution in [0.2, 0.25) is 0 Å². The van der Waals surface area contributed by atoms with Gasteiger partial charge in [0.15, 0.2) is 5.96 Å². The summed E-state index contributed by atoms with van der Waals surface area (Å²) < 4.78 is 13.0. The number of hydrogen-bond donors (Lipinski definition) is 3. The molecule has 1 amide bonds. The monoisotopic (exact) mass is 518 g/mol. The minimum absolute atomic E-state index is 0. The van der Waals surface area contributed by atoms with E-state index in [9.17, 15) is 9.18 Å². The predicted molar refractivity (Wildman–Crippen MR) is 125 cm³/mol. The lowest BCUT2D eigenvalue weighted by molar-refractivity contribution is -0.121. The highest BCUT2D eigenvalue weighted by molar-refractivity contribution is 14.0. The van der Waals surface area contributed by atoms with Gasteiger partial charge in [-0.15, -0.1) is 35.3 Å². The molecule has 0 saturated carbocycles. The molecular formula is C20H28FIN4OS. The minimum atomic E-state index is -0.408. The fourth-order valence-electron chi connectivity index (χ4n) is 2.63. The van der Waals surface area contributed by atoms with Gasteiger partial charge >= 0.3 is 0 Å². The molecule has 0 aliphatic heterocycles. The van der Waals surface area contributed by atoms with Crippen LogP contribution >= 0.6 is 35.3 Å². The molecule has 28 heavy (non-hydrogen) atoms. The first-order chi connectivity index (χ1) is 13.0. The van der Waals surface area contributed by atoms with E-state index in [0.717, 1.165) is 12.1 Å². The third kappa shape index (κ3) is 8.14. The second kappa shape index (κ2) is 12.7. The Morgan fingerprint density at radius 2 is 1.96 bits per heavy atom. The second-order valence-corrected chi connectivity index (χ2v) is 7.43. The largest absolute Gasteiger partial charge is 0.369 e. The summed E-state index contributed by atoms with van der Waals surface area (Å²) in [6.45, 7) is 5.86. The van der Waals surface area contributed by atoms with Crippen molar-refractivity contribution in [1.82, 2.24) is 10.6 Å². The van der Waals surface area contributed by atoms with E-state index in [2.05, 4.69) is 34.0 Å². The molecule has 2 unspecified atom stereocenters. The number of hydrogen-bond acceptors (Lipinski definition) is 3. The lowest BCUT2D eigenvalue weighted by atomic mass is 9.98. The van der Waals surface area contributed by atoms with Gasteiger partial charge in [-0.2, -0.15) is 0 Å². The Morgan fingerprint density at radius 3 is 2.54 bits per heavy atom. The fourth-order valence-corrected chi connectivity index (χ4v) is 3.41. The van der Waals surface area contributed by atoms with Gasteiger partial charge in [0.2, 0.25) is 5.91 Å². The van der Waals surface area contributed by atoms with Crippen LogP contribution in [0.15, 0.2) is 46.8 Å². The SMILES string of the molecule is CCNC(=NCC(C)c1cccs1)NCC(Cc1ccc(F)cc1)C(N)=O.I. The number of rotatable bonds is 9. The van der Waals surface area contributed by atoms with Gasteiger partial charge in [0.05, 0.1) is 12.5 Å². The molecule has 1 aromatic carbocycles. The quantitative estimate of drug-likeness (QED) is 0.270. The first kappa shape index (κ1) is 24.4. The van der Waals surface area contributed by atoms with Crippen LogP contribution in [-0.2, 0) is 11.2 Å². The Balaban J connectivity index is 0.00000392. The van der Waals surface area contributed by atoms with Crippen LogP contribution in [0.25, 0.3) is 0 Å². The highest BCUT2D eigenvalue weighted by atomic mass is 127. The van der Waals surface area contributed by atoms with Crippen molar-refractivity contribution in [3.63, 3.8) is 0 Å². The summed E-state index contributed by atoms with van der Waals surface area (Å²) >= 11 is 1.72. The molecule has 8 heteroatoms. The fraction of sp³-hybridized carbons (Fsp3) is 0.400. The van der Waals surface area contributed by atoms with Crippen molar-refractivity contribution >= 4 is 47.2 Å². The number of nitrogens with two attached hydrogens (primary N) is 1. The van der Waals surface area contributed by atoms with E-state index in [1.54, 1.807) is 23.5 Å². The zero-order valence-electron chi connectivity index (χ0n) is 16.2. The number of carbonyl (C=O) groups excluding carboxylic acids is 1. The lowest BCUT2D eigenvalue weighted by Crippen LogP contribution is -2.43. The Morgan fingerprint density at radius 1 is 1.25 bits per heavy atom. The van der Waals surface area contributed by atoms with E-state index in [1.807, 2.05) is 13.0 Å². The minimum Gasteiger partial charge on any atom is -0.369 e. The molecule has 2 atom stereocenters. The summed E-state index contributed by atoms with van der Waals surface area (Å²) in [6.07, 6.45) is 0.452. The number of amides is 1.